The molecule has 1 aliphatic heterocycles. The Bertz CT molecular complexity index is 841. The maximum absolute atomic E-state index is 13.0. The lowest BCUT2D eigenvalue weighted by molar-refractivity contribution is 0.0740. The van der Waals surface area contributed by atoms with E-state index in [9.17, 15) is 4.79 Å². The Morgan fingerprint density at radius 2 is 1.82 bits per heavy atom. The zero-order chi connectivity index (χ0) is 20.3. The average molecular weight is 382 g/mol. The second-order valence-corrected chi connectivity index (χ2v) is 7.99. The third-order valence-corrected chi connectivity index (χ3v) is 5.23. The molecule has 28 heavy (non-hydrogen) atoms. The molecule has 1 aliphatic rings. The van der Waals surface area contributed by atoms with Gasteiger partial charge < -0.3 is 15.1 Å². The number of amides is 1. The van der Waals surface area contributed by atoms with Crippen LogP contribution in [0.5, 0.6) is 0 Å². The van der Waals surface area contributed by atoms with Crippen molar-refractivity contribution >= 4 is 17.5 Å². The third kappa shape index (κ3) is 4.61. The van der Waals surface area contributed by atoms with Crippen LogP contribution in [-0.4, -0.2) is 53.5 Å². The predicted octanol–water partition coefficient (Wildman–Crippen LogP) is 3.43. The number of nitrogens with zero attached hydrogens (tertiary/aromatic N) is 4. The van der Waals surface area contributed by atoms with E-state index >= 15 is 0 Å². The monoisotopic (exact) mass is 381 g/mol. The minimum absolute atomic E-state index is 0.0151. The Balaban J connectivity index is 1.67. The molecule has 1 aromatic heterocycles. The van der Waals surface area contributed by atoms with Gasteiger partial charge >= 0.3 is 0 Å². The van der Waals surface area contributed by atoms with Crippen LogP contribution in [0, 0.1) is 26.7 Å². The predicted molar refractivity (Wildman–Crippen MR) is 114 cm³/mol. The van der Waals surface area contributed by atoms with Gasteiger partial charge in [-0.15, -0.1) is 0 Å². The molecule has 0 atom stereocenters. The lowest BCUT2D eigenvalue weighted by atomic mass is 10.1. The molecule has 0 bridgehead atoms. The zero-order valence-corrected chi connectivity index (χ0v) is 17.6. The second kappa shape index (κ2) is 8.59. The molecule has 1 aromatic carbocycles. The first kappa shape index (κ1) is 20.1. The van der Waals surface area contributed by atoms with Crippen molar-refractivity contribution in [3.05, 3.63) is 46.8 Å². The fourth-order valence-electron chi connectivity index (χ4n) is 3.44. The van der Waals surface area contributed by atoms with Crippen LogP contribution in [0.25, 0.3) is 0 Å². The van der Waals surface area contributed by atoms with E-state index in [0.717, 1.165) is 25.3 Å². The van der Waals surface area contributed by atoms with Gasteiger partial charge in [0.05, 0.1) is 0 Å². The molecule has 0 unspecified atom stereocenters. The molecule has 1 fully saturated rings. The molecule has 1 amide bonds. The maximum Gasteiger partial charge on any atom is 0.272 e. The molecule has 3 rings (SSSR count). The lowest BCUT2D eigenvalue weighted by Gasteiger charge is -2.37. The van der Waals surface area contributed by atoms with Crippen LogP contribution >= 0.6 is 0 Å². The van der Waals surface area contributed by atoms with Crippen LogP contribution in [0.3, 0.4) is 0 Å². The Morgan fingerprint density at radius 1 is 1.11 bits per heavy atom. The third-order valence-electron chi connectivity index (χ3n) is 5.23. The van der Waals surface area contributed by atoms with E-state index in [2.05, 4.69) is 66.1 Å². The molecule has 150 valence electrons. The van der Waals surface area contributed by atoms with Crippen molar-refractivity contribution in [3.63, 3.8) is 0 Å². The van der Waals surface area contributed by atoms with Crippen LogP contribution in [-0.2, 0) is 0 Å². The number of hydrogen-bond donors (Lipinski definition) is 1. The number of hydrogen-bond acceptors (Lipinski definition) is 5. The number of carbonyl (C=O) groups excluding carboxylic acids is 1. The van der Waals surface area contributed by atoms with E-state index in [0.29, 0.717) is 30.6 Å². The van der Waals surface area contributed by atoms with Gasteiger partial charge in [0.15, 0.2) is 0 Å². The summed E-state index contributed by atoms with van der Waals surface area (Å²) < 4.78 is 0. The summed E-state index contributed by atoms with van der Waals surface area (Å²) in [6.07, 6.45) is 0. The highest BCUT2D eigenvalue weighted by atomic mass is 16.2. The maximum atomic E-state index is 13.0. The summed E-state index contributed by atoms with van der Waals surface area (Å²) in [5.41, 5.74) is 5.16. The van der Waals surface area contributed by atoms with Gasteiger partial charge in [-0.25, -0.2) is 9.97 Å². The van der Waals surface area contributed by atoms with Crippen molar-refractivity contribution in [2.75, 3.05) is 42.9 Å². The fourth-order valence-corrected chi connectivity index (χ4v) is 3.44. The largest absolute Gasteiger partial charge is 0.368 e. The van der Waals surface area contributed by atoms with Gasteiger partial charge in [-0.2, -0.15) is 0 Å². The molecular formula is C22H31N5O. The van der Waals surface area contributed by atoms with Gasteiger partial charge in [-0.1, -0.05) is 26.0 Å². The number of piperazine rings is 1. The summed E-state index contributed by atoms with van der Waals surface area (Å²) in [6.45, 7) is 14.3. The van der Waals surface area contributed by atoms with Gasteiger partial charge in [0, 0.05) is 44.1 Å². The molecule has 6 heteroatoms. The van der Waals surface area contributed by atoms with Gasteiger partial charge in [0.1, 0.15) is 5.69 Å². The first-order chi connectivity index (χ1) is 13.3. The zero-order valence-electron chi connectivity index (χ0n) is 17.6. The Hall–Kier alpha value is -2.63. The SMILES string of the molecule is Cc1cc(C(=O)N2CCN(c3cccc(C)c3C)CC2)nc(NCC(C)C)n1. The summed E-state index contributed by atoms with van der Waals surface area (Å²) in [4.78, 5) is 26.1. The lowest BCUT2D eigenvalue weighted by Crippen LogP contribution is -2.49. The number of rotatable bonds is 5. The molecular weight excluding hydrogens is 350 g/mol. The summed E-state index contributed by atoms with van der Waals surface area (Å²) >= 11 is 0. The molecule has 6 nitrogen and oxygen atoms in total. The van der Waals surface area contributed by atoms with Crippen molar-refractivity contribution in [1.29, 1.82) is 0 Å². The Labute approximate surface area is 168 Å². The van der Waals surface area contributed by atoms with Crippen LogP contribution in [0.15, 0.2) is 24.3 Å². The molecule has 2 aromatic rings. The quantitative estimate of drug-likeness (QED) is 0.860. The highest BCUT2D eigenvalue weighted by Crippen LogP contribution is 2.24. The molecule has 0 spiro atoms. The Morgan fingerprint density at radius 3 is 2.50 bits per heavy atom. The van der Waals surface area contributed by atoms with Crippen molar-refractivity contribution in [2.45, 2.75) is 34.6 Å². The molecule has 1 saturated heterocycles. The molecule has 2 heterocycles. The van der Waals surface area contributed by atoms with Gasteiger partial charge in [-0.3, -0.25) is 4.79 Å². The highest BCUT2D eigenvalue weighted by Gasteiger charge is 2.24. The van der Waals surface area contributed by atoms with E-state index in [4.69, 9.17) is 0 Å². The van der Waals surface area contributed by atoms with Crippen molar-refractivity contribution < 1.29 is 4.79 Å². The number of benzene rings is 1. The smallest absolute Gasteiger partial charge is 0.272 e. The minimum Gasteiger partial charge on any atom is -0.368 e. The van der Waals surface area contributed by atoms with Crippen molar-refractivity contribution in [2.24, 2.45) is 5.92 Å². The molecule has 1 N–H and O–H groups in total. The molecule has 0 saturated carbocycles. The van der Waals surface area contributed by atoms with Gasteiger partial charge in [-0.05, 0) is 49.9 Å². The first-order valence-corrected chi connectivity index (χ1v) is 10.0. The van der Waals surface area contributed by atoms with E-state index in [1.807, 2.05) is 11.8 Å². The van der Waals surface area contributed by atoms with Gasteiger partial charge in [0.2, 0.25) is 5.95 Å². The van der Waals surface area contributed by atoms with E-state index < -0.39 is 0 Å². The topological polar surface area (TPSA) is 61.4 Å². The van der Waals surface area contributed by atoms with Crippen LogP contribution in [0.1, 0.15) is 41.2 Å². The van der Waals surface area contributed by atoms with Crippen molar-refractivity contribution in [3.8, 4) is 0 Å². The van der Waals surface area contributed by atoms with Crippen LogP contribution < -0.4 is 10.2 Å². The average Bonchev–Trinajstić information content (AvgIpc) is 2.68. The first-order valence-electron chi connectivity index (χ1n) is 10.0. The number of carbonyl (C=O) groups is 1. The van der Waals surface area contributed by atoms with E-state index in [1.165, 1.54) is 16.8 Å². The van der Waals surface area contributed by atoms with Crippen LogP contribution in [0.2, 0.25) is 0 Å². The normalized spacial score (nSPS) is 14.5. The number of anilines is 2. The van der Waals surface area contributed by atoms with Crippen LogP contribution in [0.4, 0.5) is 11.6 Å². The minimum atomic E-state index is -0.0151. The van der Waals surface area contributed by atoms with Crippen molar-refractivity contribution in [1.82, 2.24) is 14.9 Å². The summed E-state index contributed by atoms with van der Waals surface area (Å²) in [6, 6.07) is 8.19. The standard InChI is InChI=1S/C22H31N5O/c1-15(2)14-23-22-24-17(4)13-19(25-22)21(28)27-11-9-26(10-12-27)20-8-6-7-16(3)18(20)5/h6-8,13,15H,9-12,14H2,1-5H3,(H,23,24,25). The second-order valence-electron chi connectivity index (χ2n) is 7.99. The summed E-state index contributed by atoms with van der Waals surface area (Å²) in [5, 5.41) is 3.22. The Kier molecular flexibility index (Phi) is 6.17. The van der Waals surface area contributed by atoms with Gasteiger partial charge in [0.25, 0.3) is 5.91 Å². The number of aromatic nitrogens is 2. The number of aryl methyl sites for hydroxylation is 2. The summed E-state index contributed by atoms with van der Waals surface area (Å²) in [7, 11) is 0. The molecule has 0 aliphatic carbocycles. The van der Waals surface area contributed by atoms with E-state index in [1.54, 1.807) is 6.07 Å². The number of nitrogens with one attached hydrogen (secondary N) is 1. The highest BCUT2D eigenvalue weighted by molar-refractivity contribution is 5.92. The molecule has 0 radical (unpaired) electrons. The van der Waals surface area contributed by atoms with E-state index in [-0.39, 0.29) is 5.91 Å². The fraction of sp³-hybridized carbons (Fsp3) is 0.500. The summed E-state index contributed by atoms with van der Waals surface area (Å²) in [5.74, 6) is 1.01.